The molecule has 0 saturated heterocycles. The summed E-state index contributed by atoms with van der Waals surface area (Å²) in [6.45, 7) is 11.2. The Morgan fingerprint density at radius 3 is 2.08 bits per heavy atom. The normalized spacial score (nSPS) is 11.8. The van der Waals surface area contributed by atoms with Gasteiger partial charge in [-0.05, 0) is 76.9 Å². The smallest absolute Gasteiger partial charge is 0.424 e. The fraction of sp³-hybridized carbons (Fsp3) is 0.364. The SMILES string of the molecule is COc1ncc(-c2ccc(C[n+]3cc(NC(=O)Nc4cc(N(C(=O)OC(C)(C)C)C(=O)OC(C)(C)C)cc(C(F)(F)F)c4)on3)cc2)c(C)n1. The van der Waals surface area contributed by atoms with Crippen LogP contribution in [0.5, 0.6) is 6.01 Å². The minimum Gasteiger partial charge on any atom is -0.467 e. The van der Waals surface area contributed by atoms with E-state index in [2.05, 4.69) is 25.9 Å². The van der Waals surface area contributed by atoms with E-state index in [1.165, 1.54) is 59.5 Å². The lowest BCUT2D eigenvalue weighted by atomic mass is 10.0. The van der Waals surface area contributed by atoms with Gasteiger partial charge in [-0.2, -0.15) is 23.1 Å². The third-order valence-electron chi connectivity index (χ3n) is 6.41. The molecule has 0 spiro atoms. The van der Waals surface area contributed by atoms with Crippen molar-refractivity contribution in [2.75, 3.05) is 22.6 Å². The van der Waals surface area contributed by atoms with Crippen molar-refractivity contribution in [1.82, 2.24) is 15.2 Å². The summed E-state index contributed by atoms with van der Waals surface area (Å²) in [5, 5.41) is 8.50. The summed E-state index contributed by atoms with van der Waals surface area (Å²) < 4.78 is 64.1. The van der Waals surface area contributed by atoms with Gasteiger partial charge in [0.05, 0.1) is 24.1 Å². The Morgan fingerprint density at radius 2 is 1.54 bits per heavy atom. The van der Waals surface area contributed by atoms with Gasteiger partial charge in [0.15, 0.2) is 0 Å². The number of hydrogen-bond donors (Lipinski definition) is 2. The molecule has 14 nitrogen and oxygen atoms in total. The lowest BCUT2D eigenvalue weighted by Gasteiger charge is -2.29. The number of anilines is 3. The number of amides is 4. The van der Waals surface area contributed by atoms with E-state index in [-0.39, 0.29) is 18.4 Å². The van der Waals surface area contributed by atoms with E-state index >= 15 is 0 Å². The molecule has 0 atom stereocenters. The number of imide groups is 1. The molecule has 4 rings (SSSR count). The second-order valence-electron chi connectivity index (χ2n) is 13.0. The van der Waals surface area contributed by atoms with E-state index in [4.69, 9.17) is 18.7 Å². The zero-order valence-corrected chi connectivity index (χ0v) is 28.6. The van der Waals surface area contributed by atoms with Crippen molar-refractivity contribution in [1.29, 1.82) is 0 Å². The monoisotopic (exact) mass is 700 g/mol. The number of aryl methyl sites for hydroxylation is 1. The summed E-state index contributed by atoms with van der Waals surface area (Å²) in [7, 11) is 1.49. The standard InChI is InChI=1S/C33H36F3N7O7/c1-19-25(16-37-28(38-19)47-8)21-11-9-20(10-12-21)17-42-18-26(50-41-42)40-27(44)39-23-13-22(33(34,35)36)14-24(15-23)43(29(45)48-31(2,3)4)30(46)49-32(5,6)7/h9-16,18H,17H2,1-8H3,(H-,39,40,41,44)/p+1. The summed E-state index contributed by atoms with van der Waals surface area (Å²) in [6.07, 6.45) is -4.45. The second-order valence-corrected chi connectivity index (χ2v) is 13.0. The van der Waals surface area contributed by atoms with Crippen molar-refractivity contribution in [2.45, 2.75) is 72.4 Å². The molecule has 0 unspecified atom stereocenters. The highest BCUT2D eigenvalue weighted by Crippen LogP contribution is 2.35. The molecule has 0 aliphatic rings. The Hall–Kier alpha value is -5.74. The fourth-order valence-electron chi connectivity index (χ4n) is 4.36. The van der Waals surface area contributed by atoms with E-state index < -0.39 is 52.5 Å². The summed E-state index contributed by atoms with van der Waals surface area (Å²) >= 11 is 0. The van der Waals surface area contributed by atoms with E-state index in [0.717, 1.165) is 28.5 Å². The molecule has 2 heterocycles. The predicted octanol–water partition coefficient (Wildman–Crippen LogP) is 7.12. The van der Waals surface area contributed by atoms with Gasteiger partial charge >= 0.3 is 36.3 Å². The molecule has 2 N–H and O–H groups in total. The highest BCUT2D eigenvalue weighted by atomic mass is 19.4. The molecule has 4 aromatic rings. The maximum absolute atomic E-state index is 14.0. The van der Waals surface area contributed by atoms with Gasteiger partial charge in [0.25, 0.3) is 6.20 Å². The van der Waals surface area contributed by atoms with Crippen molar-refractivity contribution < 1.29 is 51.0 Å². The molecule has 2 aromatic heterocycles. The Labute approximate surface area is 285 Å². The number of ether oxygens (including phenoxy) is 3. The van der Waals surface area contributed by atoms with Crippen LogP contribution in [-0.2, 0) is 22.2 Å². The van der Waals surface area contributed by atoms with E-state index in [0.29, 0.717) is 17.0 Å². The number of methoxy groups -OCH3 is 1. The molecule has 17 heteroatoms. The molecule has 4 amide bonds. The number of benzene rings is 2. The molecule has 0 saturated carbocycles. The predicted molar refractivity (Wildman–Crippen MR) is 174 cm³/mol. The maximum atomic E-state index is 14.0. The van der Waals surface area contributed by atoms with Gasteiger partial charge in [-0.25, -0.2) is 19.4 Å². The first-order valence-electron chi connectivity index (χ1n) is 15.1. The van der Waals surface area contributed by atoms with E-state index in [1.807, 2.05) is 31.2 Å². The number of alkyl halides is 3. The Kier molecular flexibility index (Phi) is 10.7. The minimum absolute atomic E-state index is 0.124. The number of rotatable bonds is 7. The van der Waals surface area contributed by atoms with Crippen LogP contribution in [0.3, 0.4) is 0 Å². The third-order valence-corrected chi connectivity index (χ3v) is 6.41. The van der Waals surface area contributed by atoms with Gasteiger partial charge in [0, 0.05) is 23.0 Å². The topological polar surface area (TPSA) is 162 Å². The molecular formula is C33H37F3N7O7+. The molecule has 2 aromatic carbocycles. The van der Waals surface area contributed by atoms with Crippen LogP contribution in [0.25, 0.3) is 11.1 Å². The summed E-state index contributed by atoms with van der Waals surface area (Å²) in [5.41, 5.74) is -1.14. The molecule has 266 valence electrons. The van der Waals surface area contributed by atoms with Crippen LogP contribution in [0, 0.1) is 6.92 Å². The Bertz CT molecular complexity index is 1840. The van der Waals surface area contributed by atoms with Gasteiger partial charge < -0.3 is 19.5 Å². The second kappa shape index (κ2) is 14.4. The maximum Gasteiger partial charge on any atom is 0.424 e. The number of aromatic nitrogens is 4. The van der Waals surface area contributed by atoms with Crippen molar-refractivity contribution >= 4 is 35.5 Å². The van der Waals surface area contributed by atoms with Crippen molar-refractivity contribution in [3.05, 3.63) is 71.7 Å². The number of nitrogens with zero attached hydrogens (tertiary/aromatic N) is 5. The number of nitrogens with one attached hydrogen (secondary N) is 2. The zero-order valence-electron chi connectivity index (χ0n) is 28.6. The molecule has 0 aliphatic carbocycles. The third kappa shape index (κ3) is 10.1. The van der Waals surface area contributed by atoms with Gasteiger partial charge in [0.1, 0.15) is 11.2 Å². The number of carbonyl (C=O) groups excluding carboxylic acids is 3. The van der Waals surface area contributed by atoms with Crippen LogP contribution in [0.4, 0.5) is 44.8 Å². The quantitative estimate of drug-likeness (QED) is 0.190. The summed E-state index contributed by atoms with van der Waals surface area (Å²) in [4.78, 5) is 47.8. The highest BCUT2D eigenvalue weighted by molar-refractivity contribution is 6.10. The van der Waals surface area contributed by atoms with Crippen LogP contribution >= 0.6 is 0 Å². The Balaban J connectivity index is 1.51. The molecular weight excluding hydrogens is 663 g/mol. The lowest BCUT2D eigenvalue weighted by Crippen LogP contribution is -2.44. The fourth-order valence-corrected chi connectivity index (χ4v) is 4.36. The summed E-state index contributed by atoms with van der Waals surface area (Å²) in [5.74, 6) is -0.124. The van der Waals surface area contributed by atoms with E-state index in [9.17, 15) is 27.6 Å². The van der Waals surface area contributed by atoms with Crippen LogP contribution in [0.2, 0.25) is 0 Å². The molecule has 50 heavy (non-hydrogen) atoms. The molecule has 0 radical (unpaired) electrons. The first-order chi connectivity index (χ1) is 23.2. The average molecular weight is 701 g/mol. The zero-order chi connectivity index (χ0) is 37.0. The van der Waals surface area contributed by atoms with Gasteiger partial charge in [-0.15, -0.1) is 0 Å². The average Bonchev–Trinajstić information content (AvgIpc) is 3.41. The van der Waals surface area contributed by atoms with Gasteiger partial charge in [0.2, 0.25) is 11.8 Å². The van der Waals surface area contributed by atoms with Crippen molar-refractivity contribution in [2.24, 2.45) is 0 Å². The number of urea groups is 1. The first-order valence-corrected chi connectivity index (χ1v) is 15.1. The highest BCUT2D eigenvalue weighted by Gasteiger charge is 2.37. The van der Waals surface area contributed by atoms with Gasteiger partial charge in [-0.3, -0.25) is 9.84 Å². The first kappa shape index (κ1) is 37.1. The number of carbonyl (C=O) groups is 3. The minimum atomic E-state index is -4.92. The van der Waals surface area contributed by atoms with Crippen molar-refractivity contribution in [3.8, 4) is 17.1 Å². The summed E-state index contributed by atoms with van der Waals surface area (Å²) in [6, 6.07) is 8.96. The van der Waals surface area contributed by atoms with Crippen LogP contribution < -0.4 is 25.0 Å². The van der Waals surface area contributed by atoms with Crippen LogP contribution in [-0.4, -0.2) is 51.8 Å². The lowest BCUT2D eigenvalue weighted by molar-refractivity contribution is -0.754. The Morgan fingerprint density at radius 1 is 0.920 bits per heavy atom. The van der Waals surface area contributed by atoms with Crippen LogP contribution in [0.15, 0.2) is 59.4 Å². The number of hydrogen-bond acceptors (Lipinski definition) is 10. The number of halogens is 3. The van der Waals surface area contributed by atoms with Gasteiger partial charge in [-0.1, -0.05) is 24.3 Å². The molecule has 0 aliphatic heterocycles. The molecule has 0 bridgehead atoms. The van der Waals surface area contributed by atoms with Crippen LogP contribution in [0.1, 0.15) is 58.4 Å². The largest absolute Gasteiger partial charge is 0.467 e. The van der Waals surface area contributed by atoms with E-state index in [1.54, 1.807) is 6.20 Å². The van der Waals surface area contributed by atoms with Crippen molar-refractivity contribution in [3.63, 3.8) is 0 Å². The molecule has 0 fully saturated rings.